The van der Waals surface area contributed by atoms with E-state index in [1.54, 1.807) is 0 Å². The summed E-state index contributed by atoms with van der Waals surface area (Å²) < 4.78 is 5.46. The van der Waals surface area contributed by atoms with Crippen LogP contribution in [0.1, 0.15) is 13.3 Å². The molecule has 0 saturated heterocycles. The molecular formula is C12H19NOS2. The Hall–Kier alpha value is -0.480. The monoisotopic (exact) mass is 257 g/mol. The molecule has 0 aliphatic heterocycles. The zero-order valence-electron chi connectivity index (χ0n) is 9.86. The van der Waals surface area contributed by atoms with Gasteiger partial charge in [-0.25, -0.2) is 0 Å². The van der Waals surface area contributed by atoms with Gasteiger partial charge in [-0.3, -0.25) is 0 Å². The maximum Gasteiger partial charge on any atom is 0.120 e. The molecule has 1 rings (SSSR count). The summed E-state index contributed by atoms with van der Waals surface area (Å²) in [4.78, 5) is 1.13. The lowest BCUT2D eigenvalue weighted by Gasteiger charge is -2.08. The van der Waals surface area contributed by atoms with Crippen molar-refractivity contribution >= 4 is 29.2 Å². The number of ether oxygens (including phenoxy) is 1. The van der Waals surface area contributed by atoms with E-state index in [1.807, 2.05) is 48.6 Å². The van der Waals surface area contributed by atoms with Crippen LogP contribution >= 0.6 is 23.5 Å². The van der Waals surface area contributed by atoms with Crippen molar-refractivity contribution in [3.8, 4) is 5.75 Å². The second kappa shape index (κ2) is 7.74. The number of anilines is 1. The summed E-state index contributed by atoms with van der Waals surface area (Å²) in [5.41, 5.74) is 6.76. The Morgan fingerprint density at radius 2 is 2.12 bits per heavy atom. The predicted octanol–water partition coefficient (Wildman–Crippen LogP) is 3.51. The van der Waals surface area contributed by atoms with Gasteiger partial charge >= 0.3 is 0 Å². The SMILES string of the molecule is CCOc1ccc(N)c(SCCCSC)c1. The van der Waals surface area contributed by atoms with E-state index in [-0.39, 0.29) is 0 Å². The molecule has 0 amide bonds. The molecule has 0 saturated carbocycles. The fraction of sp³-hybridized carbons (Fsp3) is 0.500. The molecule has 0 radical (unpaired) electrons. The quantitative estimate of drug-likeness (QED) is 0.460. The third-order valence-electron chi connectivity index (χ3n) is 2.05. The minimum absolute atomic E-state index is 0.695. The molecule has 4 heteroatoms. The van der Waals surface area contributed by atoms with Crippen LogP contribution < -0.4 is 10.5 Å². The largest absolute Gasteiger partial charge is 0.494 e. The zero-order chi connectivity index (χ0) is 11.8. The number of rotatable bonds is 7. The van der Waals surface area contributed by atoms with Crippen molar-refractivity contribution in [3.63, 3.8) is 0 Å². The Kier molecular flexibility index (Phi) is 6.57. The van der Waals surface area contributed by atoms with Gasteiger partial charge in [-0.1, -0.05) is 0 Å². The molecule has 90 valence electrons. The van der Waals surface area contributed by atoms with Crippen LogP contribution in [0.3, 0.4) is 0 Å². The van der Waals surface area contributed by atoms with Gasteiger partial charge in [-0.05, 0) is 49.3 Å². The number of hydrogen-bond acceptors (Lipinski definition) is 4. The van der Waals surface area contributed by atoms with E-state index in [0.29, 0.717) is 6.61 Å². The van der Waals surface area contributed by atoms with Gasteiger partial charge in [0.05, 0.1) is 6.61 Å². The van der Waals surface area contributed by atoms with Gasteiger partial charge in [-0.2, -0.15) is 11.8 Å². The third kappa shape index (κ3) is 4.58. The fourth-order valence-corrected chi connectivity index (χ4v) is 2.84. The highest BCUT2D eigenvalue weighted by molar-refractivity contribution is 8.00. The number of thioether (sulfide) groups is 2. The molecule has 1 aromatic rings. The third-order valence-corrected chi connectivity index (χ3v) is 3.90. The molecule has 0 heterocycles. The van der Waals surface area contributed by atoms with Gasteiger partial charge in [0.25, 0.3) is 0 Å². The first kappa shape index (κ1) is 13.6. The van der Waals surface area contributed by atoms with E-state index in [9.17, 15) is 0 Å². The molecular weight excluding hydrogens is 238 g/mol. The molecule has 0 bridgehead atoms. The topological polar surface area (TPSA) is 35.2 Å². The van der Waals surface area contributed by atoms with Gasteiger partial charge in [0, 0.05) is 10.6 Å². The van der Waals surface area contributed by atoms with Gasteiger partial charge in [0.15, 0.2) is 0 Å². The highest BCUT2D eigenvalue weighted by atomic mass is 32.2. The number of nitrogen functional groups attached to an aromatic ring is 1. The molecule has 0 unspecified atom stereocenters. The van der Waals surface area contributed by atoms with Crippen molar-refractivity contribution in [2.45, 2.75) is 18.2 Å². The highest BCUT2D eigenvalue weighted by Crippen LogP contribution is 2.29. The highest BCUT2D eigenvalue weighted by Gasteiger charge is 2.02. The van der Waals surface area contributed by atoms with Crippen molar-refractivity contribution in [2.24, 2.45) is 0 Å². The molecule has 0 aromatic heterocycles. The first-order valence-electron chi connectivity index (χ1n) is 5.42. The summed E-state index contributed by atoms with van der Waals surface area (Å²) in [6.45, 7) is 2.68. The standard InChI is InChI=1S/C12H19NOS2/c1-3-14-10-5-6-11(13)12(9-10)16-8-4-7-15-2/h5-6,9H,3-4,7-8,13H2,1-2H3. The second-order valence-corrected chi connectivity index (χ2v) is 5.45. The van der Waals surface area contributed by atoms with Crippen molar-refractivity contribution < 1.29 is 4.74 Å². The minimum Gasteiger partial charge on any atom is -0.494 e. The summed E-state index contributed by atoms with van der Waals surface area (Å²) in [6, 6.07) is 5.87. The Balaban J connectivity index is 2.52. The van der Waals surface area contributed by atoms with Crippen LogP contribution in [-0.4, -0.2) is 24.4 Å². The molecule has 1 aromatic carbocycles. The van der Waals surface area contributed by atoms with E-state index in [1.165, 1.54) is 12.2 Å². The lowest BCUT2D eigenvalue weighted by molar-refractivity contribution is 0.339. The molecule has 2 N–H and O–H groups in total. The Morgan fingerprint density at radius 3 is 2.81 bits per heavy atom. The van der Waals surface area contributed by atoms with Crippen LogP contribution in [0.4, 0.5) is 5.69 Å². The van der Waals surface area contributed by atoms with Crippen LogP contribution in [0, 0.1) is 0 Å². The van der Waals surface area contributed by atoms with Crippen LogP contribution in [0.5, 0.6) is 5.75 Å². The van der Waals surface area contributed by atoms with Crippen molar-refractivity contribution in [3.05, 3.63) is 18.2 Å². The van der Waals surface area contributed by atoms with E-state index in [0.717, 1.165) is 22.1 Å². The molecule has 0 aliphatic rings. The van der Waals surface area contributed by atoms with Gasteiger partial charge in [0.2, 0.25) is 0 Å². The van der Waals surface area contributed by atoms with Crippen molar-refractivity contribution in [1.82, 2.24) is 0 Å². The number of nitrogens with two attached hydrogens (primary N) is 1. The second-order valence-electron chi connectivity index (χ2n) is 3.33. The summed E-state index contributed by atoms with van der Waals surface area (Å²) in [6.07, 6.45) is 3.35. The van der Waals surface area contributed by atoms with Crippen LogP contribution in [0.25, 0.3) is 0 Å². The average Bonchev–Trinajstić information content (AvgIpc) is 2.29. The Bertz CT molecular complexity index is 318. The molecule has 2 nitrogen and oxygen atoms in total. The van der Waals surface area contributed by atoms with E-state index >= 15 is 0 Å². The number of hydrogen-bond donors (Lipinski definition) is 1. The van der Waals surface area contributed by atoms with E-state index in [4.69, 9.17) is 10.5 Å². The number of benzene rings is 1. The Morgan fingerprint density at radius 1 is 1.31 bits per heavy atom. The first-order valence-corrected chi connectivity index (χ1v) is 7.80. The Labute approximate surface area is 106 Å². The lowest BCUT2D eigenvalue weighted by Crippen LogP contribution is -1.94. The summed E-state index contributed by atoms with van der Waals surface area (Å²) >= 11 is 3.69. The molecule has 0 aliphatic carbocycles. The normalized spacial score (nSPS) is 10.4. The minimum atomic E-state index is 0.695. The molecule has 0 atom stereocenters. The van der Waals surface area contributed by atoms with Crippen LogP contribution in [-0.2, 0) is 0 Å². The summed E-state index contributed by atoms with van der Waals surface area (Å²) in [5, 5.41) is 0. The maximum atomic E-state index is 5.92. The van der Waals surface area contributed by atoms with Gasteiger partial charge < -0.3 is 10.5 Å². The summed E-state index contributed by atoms with van der Waals surface area (Å²) in [5.74, 6) is 3.22. The van der Waals surface area contributed by atoms with E-state index < -0.39 is 0 Å². The molecule has 0 fully saturated rings. The lowest BCUT2D eigenvalue weighted by atomic mass is 10.3. The van der Waals surface area contributed by atoms with Gasteiger partial charge in [-0.15, -0.1) is 11.8 Å². The average molecular weight is 257 g/mol. The van der Waals surface area contributed by atoms with E-state index in [2.05, 4.69) is 6.26 Å². The summed E-state index contributed by atoms with van der Waals surface area (Å²) in [7, 11) is 0. The van der Waals surface area contributed by atoms with Crippen molar-refractivity contribution in [1.29, 1.82) is 0 Å². The molecule has 0 spiro atoms. The smallest absolute Gasteiger partial charge is 0.120 e. The van der Waals surface area contributed by atoms with Crippen molar-refractivity contribution in [2.75, 3.05) is 30.1 Å². The fourth-order valence-electron chi connectivity index (χ4n) is 1.28. The molecule has 16 heavy (non-hydrogen) atoms. The predicted molar refractivity (Wildman–Crippen MR) is 75.7 cm³/mol. The first-order chi connectivity index (χ1) is 7.77. The maximum absolute atomic E-state index is 5.92. The van der Waals surface area contributed by atoms with Crippen LogP contribution in [0.2, 0.25) is 0 Å². The van der Waals surface area contributed by atoms with Gasteiger partial charge in [0.1, 0.15) is 5.75 Å². The zero-order valence-corrected chi connectivity index (χ0v) is 11.5. The van der Waals surface area contributed by atoms with Crippen LogP contribution in [0.15, 0.2) is 23.1 Å².